The lowest BCUT2D eigenvalue weighted by atomic mass is 10.1. The first-order chi connectivity index (χ1) is 10.2. The molecule has 1 aromatic heterocycles. The maximum absolute atomic E-state index is 14.2. The fourth-order valence-corrected chi connectivity index (χ4v) is 2.57. The molecule has 0 radical (unpaired) electrons. The molecule has 0 amide bonds. The monoisotopic (exact) mass is 280 g/mol. The number of hydrogen-bond donors (Lipinski definition) is 1. The fourth-order valence-electron chi connectivity index (χ4n) is 2.57. The summed E-state index contributed by atoms with van der Waals surface area (Å²) in [6.45, 7) is 0.254. The first-order valence-electron chi connectivity index (χ1n) is 6.59. The molecule has 3 nitrogen and oxygen atoms in total. The van der Waals surface area contributed by atoms with Crippen LogP contribution in [0.3, 0.4) is 0 Å². The van der Waals surface area contributed by atoms with Crippen molar-refractivity contribution in [2.24, 2.45) is 0 Å². The first kappa shape index (κ1) is 13.3. The zero-order chi connectivity index (χ0) is 14.8. The zero-order valence-electron chi connectivity index (χ0n) is 11.3. The van der Waals surface area contributed by atoms with Gasteiger partial charge in [0.25, 0.3) is 0 Å². The van der Waals surface area contributed by atoms with Crippen LogP contribution in [0.25, 0.3) is 10.9 Å². The predicted molar refractivity (Wildman–Crippen MR) is 78.1 cm³/mol. The fraction of sp³-hybridized carbons (Fsp3) is 0.118. The number of nitrogens with zero attached hydrogens (tertiary/aromatic N) is 2. The Hall–Kier alpha value is -2.64. The molecule has 0 spiro atoms. The molecule has 4 heteroatoms. The van der Waals surface area contributed by atoms with Crippen molar-refractivity contribution in [2.75, 3.05) is 0 Å². The summed E-state index contributed by atoms with van der Waals surface area (Å²) in [7, 11) is 0. The van der Waals surface area contributed by atoms with Crippen LogP contribution in [-0.2, 0) is 13.2 Å². The van der Waals surface area contributed by atoms with E-state index in [9.17, 15) is 9.50 Å². The molecule has 0 unspecified atom stereocenters. The molecule has 2 aromatic carbocycles. The van der Waals surface area contributed by atoms with Crippen LogP contribution >= 0.6 is 0 Å². The molecule has 0 bridgehead atoms. The lowest BCUT2D eigenvalue weighted by molar-refractivity contribution is 0.283. The van der Waals surface area contributed by atoms with E-state index < -0.39 is 5.82 Å². The summed E-state index contributed by atoms with van der Waals surface area (Å²) >= 11 is 0. The molecule has 3 rings (SSSR count). The Kier molecular flexibility index (Phi) is 3.43. The molecule has 3 aromatic rings. The Balaban J connectivity index is 2.09. The van der Waals surface area contributed by atoms with Gasteiger partial charge in [-0.25, -0.2) is 4.39 Å². The molecule has 1 N–H and O–H groups in total. The molecule has 1 heterocycles. The van der Waals surface area contributed by atoms with Crippen molar-refractivity contribution in [3.8, 4) is 6.07 Å². The minimum atomic E-state index is -0.483. The van der Waals surface area contributed by atoms with Crippen LogP contribution in [0, 0.1) is 17.1 Å². The molecule has 21 heavy (non-hydrogen) atoms. The van der Waals surface area contributed by atoms with Crippen LogP contribution in [0.4, 0.5) is 4.39 Å². The third-order valence-corrected chi connectivity index (χ3v) is 3.58. The number of rotatable bonds is 3. The van der Waals surface area contributed by atoms with Gasteiger partial charge in [0, 0.05) is 17.3 Å². The quantitative estimate of drug-likeness (QED) is 0.801. The molecule has 0 aliphatic rings. The van der Waals surface area contributed by atoms with Crippen LogP contribution < -0.4 is 0 Å². The van der Waals surface area contributed by atoms with Gasteiger partial charge < -0.3 is 9.67 Å². The molecule has 0 saturated heterocycles. The Morgan fingerprint density at radius 3 is 2.62 bits per heavy atom. The Morgan fingerprint density at radius 1 is 1.10 bits per heavy atom. The van der Waals surface area contributed by atoms with Gasteiger partial charge in [-0.1, -0.05) is 30.3 Å². The summed E-state index contributed by atoms with van der Waals surface area (Å²) < 4.78 is 16.1. The van der Waals surface area contributed by atoms with Gasteiger partial charge >= 0.3 is 0 Å². The Labute approximate surface area is 121 Å². The van der Waals surface area contributed by atoms with Gasteiger partial charge in [-0.05, 0) is 17.5 Å². The number of aromatic nitrogens is 1. The molecular weight excluding hydrogens is 267 g/mol. The third-order valence-electron chi connectivity index (χ3n) is 3.58. The number of para-hydroxylation sites is 1. The van der Waals surface area contributed by atoms with Crippen molar-refractivity contribution in [1.29, 1.82) is 5.26 Å². The highest BCUT2D eigenvalue weighted by molar-refractivity contribution is 5.83. The lowest BCUT2D eigenvalue weighted by Crippen LogP contribution is -2.03. The van der Waals surface area contributed by atoms with Crippen molar-refractivity contribution in [3.05, 3.63) is 71.2 Å². The summed E-state index contributed by atoms with van der Waals surface area (Å²) in [6.07, 6.45) is 1.86. The van der Waals surface area contributed by atoms with E-state index in [1.165, 1.54) is 6.07 Å². The molecule has 0 aliphatic carbocycles. The van der Waals surface area contributed by atoms with Gasteiger partial charge in [-0.3, -0.25) is 0 Å². The highest BCUT2D eigenvalue weighted by Crippen LogP contribution is 2.23. The summed E-state index contributed by atoms with van der Waals surface area (Å²) in [4.78, 5) is 0. The number of hydrogen-bond acceptors (Lipinski definition) is 2. The molecule has 0 saturated carbocycles. The number of benzene rings is 2. The number of fused-ring (bicyclic) bond motifs is 1. The molecule has 0 aliphatic heterocycles. The second-order valence-corrected chi connectivity index (χ2v) is 4.85. The van der Waals surface area contributed by atoms with Crippen molar-refractivity contribution < 1.29 is 9.50 Å². The van der Waals surface area contributed by atoms with Crippen LogP contribution in [0.5, 0.6) is 0 Å². The number of aliphatic hydroxyl groups excluding tert-OH is 1. The topological polar surface area (TPSA) is 49.0 Å². The molecule has 104 valence electrons. The SMILES string of the molecule is N#Cc1cccc(Cn2ccc3cccc(CO)c32)c1F. The van der Waals surface area contributed by atoms with Gasteiger partial charge in [-0.15, -0.1) is 0 Å². The highest BCUT2D eigenvalue weighted by Gasteiger charge is 2.11. The van der Waals surface area contributed by atoms with E-state index in [0.717, 1.165) is 16.5 Å². The predicted octanol–water partition coefficient (Wildman–Crippen LogP) is 3.19. The van der Waals surface area contributed by atoms with E-state index in [1.54, 1.807) is 12.1 Å². The van der Waals surface area contributed by atoms with Crippen LogP contribution in [0.2, 0.25) is 0 Å². The minimum Gasteiger partial charge on any atom is -0.392 e. The van der Waals surface area contributed by atoms with E-state index >= 15 is 0 Å². The second-order valence-electron chi connectivity index (χ2n) is 4.85. The van der Waals surface area contributed by atoms with Gasteiger partial charge in [0.1, 0.15) is 11.9 Å². The van der Waals surface area contributed by atoms with E-state index in [1.807, 2.05) is 41.1 Å². The van der Waals surface area contributed by atoms with E-state index in [4.69, 9.17) is 5.26 Å². The molecule has 0 fully saturated rings. The third kappa shape index (κ3) is 2.28. The second kappa shape index (κ2) is 5.39. The van der Waals surface area contributed by atoms with Gasteiger partial charge in [0.05, 0.1) is 24.2 Å². The maximum atomic E-state index is 14.2. The summed E-state index contributed by atoms with van der Waals surface area (Å²) in [6, 6.07) is 14.3. The van der Waals surface area contributed by atoms with Crippen molar-refractivity contribution >= 4 is 10.9 Å². The van der Waals surface area contributed by atoms with Crippen LogP contribution in [0.15, 0.2) is 48.7 Å². The lowest BCUT2D eigenvalue weighted by Gasteiger charge is -2.10. The van der Waals surface area contributed by atoms with Crippen molar-refractivity contribution in [1.82, 2.24) is 4.57 Å². The maximum Gasteiger partial charge on any atom is 0.145 e. The Morgan fingerprint density at radius 2 is 1.86 bits per heavy atom. The number of aliphatic hydroxyl groups is 1. The summed E-state index contributed by atoms with van der Waals surface area (Å²) in [5.41, 5.74) is 2.20. The molecule has 0 atom stereocenters. The standard InChI is InChI=1S/C17H13FN2O/c18-16-13(9-19)4-2-5-14(16)10-20-8-7-12-3-1-6-15(11-21)17(12)20/h1-8,21H,10-11H2. The zero-order valence-corrected chi connectivity index (χ0v) is 11.3. The average Bonchev–Trinajstić information content (AvgIpc) is 2.92. The smallest absolute Gasteiger partial charge is 0.145 e. The molecular formula is C17H13FN2O. The minimum absolute atomic E-state index is 0.0475. The number of nitriles is 1. The summed E-state index contributed by atoms with van der Waals surface area (Å²) in [5, 5.41) is 19.3. The van der Waals surface area contributed by atoms with Crippen molar-refractivity contribution in [2.45, 2.75) is 13.2 Å². The average molecular weight is 280 g/mol. The van der Waals surface area contributed by atoms with Gasteiger partial charge in [0.15, 0.2) is 0 Å². The number of halogens is 1. The highest BCUT2D eigenvalue weighted by atomic mass is 19.1. The van der Waals surface area contributed by atoms with Gasteiger partial charge in [0.2, 0.25) is 0 Å². The first-order valence-corrected chi connectivity index (χ1v) is 6.59. The van der Waals surface area contributed by atoms with E-state index in [0.29, 0.717) is 12.1 Å². The van der Waals surface area contributed by atoms with Crippen LogP contribution in [-0.4, -0.2) is 9.67 Å². The largest absolute Gasteiger partial charge is 0.392 e. The van der Waals surface area contributed by atoms with Crippen LogP contribution in [0.1, 0.15) is 16.7 Å². The Bertz CT molecular complexity index is 846. The van der Waals surface area contributed by atoms with E-state index in [-0.39, 0.29) is 12.2 Å². The van der Waals surface area contributed by atoms with Gasteiger partial charge in [-0.2, -0.15) is 5.26 Å². The van der Waals surface area contributed by atoms with E-state index in [2.05, 4.69) is 0 Å². The normalized spacial score (nSPS) is 10.7. The van der Waals surface area contributed by atoms with Crippen molar-refractivity contribution in [3.63, 3.8) is 0 Å². The summed E-state index contributed by atoms with van der Waals surface area (Å²) in [5.74, 6) is -0.483.